The predicted octanol–water partition coefficient (Wildman–Crippen LogP) is 3.61. The molecule has 1 aliphatic heterocycles. The topological polar surface area (TPSA) is 49.4 Å². The van der Waals surface area contributed by atoms with Crippen molar-refractivity contribution in [2.75, 3.05) is 10.2 Å². The van der Waals surface area contributed by atoms with Crippen LogP contribution in [0.1, 0.15) is 30.0 Å². The Labute approximate surface area is 142 Å². The normalized spacial score (nSPS) is 16.0. The van der Waals surface area contributed by atoms with Crippen LogP contribution >= 0.6 is 0 Å². The zero-order chi connectivity index (χ0) is 17.3. The van der Waals surface area contributed by atoms with Crippen molar-refractivity contribution in [2.45, 2.75) is 39.7 Å². The number of anilines is 2. The smallest absolute Gasteiger partial charge is 0.236 e. The molecule has 124 valence electrons. The summed E-state index contributed by atoms with van der Waals surface area (Å²) in [6, 6.07) is 13.8. The molecule has 4 heteroatoms. The first-order valence-electron chi connectivity index (χ1n) is 8.23. The van der Waals surface area contributed by atoms with E-state index in [1.54, 1.807) is 4.90 Å². The number of nitrogens with zero attached hydrogens (tertiary/aromatic N) is 1. The van der Waals surface area contributed by atoms with Gasteiger partial charge in [0.25, 0.3) is 0 Å². The van der Waals surface area contributed by atoms with Gasteiger partial charge >= 0.3 is 0 Å². The van der Waals surface area contributed by atoms with Crippen LogP contribution in [-0.4, -0.2) is 17.9 Å². The number of benzene rings is 2. The Morgan fingerprint density at radius 3 is 2.67 bits per heavy atom. The van der Waals surface area contributed by atoms with Crippen molar-refractivity contribution in [3.05, 3.63) is 59.2 Å². The van der Waals surface area contributed by atoms with E-state index in [-0.39, 0.29) is 24.3 Å². The Hall–Kier alpha value is -2.62. The van der Waals surface area contributed by atoms with Crippen molar-refractivity contribution in [2.24, 2.45) is 0 Å². The largest absolute Gasteiger partial charge is 0.325 e. The molecule has 0 radical (unpaired) electrons. The molecule has 2 aromatic carbocycles. The Morgan fingerprint density at radius 2 is 1.92 bits per heavy atom. The van der Waals surface area contributed by atoms with Crippen LogP contribution in [0.4, 0.5) is 11.4 Å². The summed E-state index contributed by atoms with van der Waals surface area (Å²) in [5, 5.41) is 2.84. The first kappa shape index (κ1) is 16.2. The van der Waals surface area contributed by atoms with Gasteiger partial charge in [0.05, 0.1) is 0 Å². The van der Waals surface area contributed by atoms with Gasteiger partial charge in [0.15, 0.2) is 0 Å². The molecule has 0 fully saturated rings. The molecular formula is C20H22N2O2. The molecule has 1 unspecified atom stereocenters. The fraction of sp³-hybridized carbons (Fsp3) is 0.300. The molecule has 3 rings (SSSR count). The zero-order valence-corrected chi connectivity index (χ0v) is 14.3. The first-order chi connectivity index (χ1) is 11.5. The number of hydrogen-bond acceptors (Lipinski definition) is 2. The molecule has 24 heavy (non-hydrogen) atoms. The summed E-state index contributed by atoms with van der Waals surface area (Å²) in [6.07, 6.45) is 0.687. The van der Waals surface area contributed by atoms with E-state index in [1.807, 2.05) is 63.2 Å². The average Bonchev–Trinajstić information content (AvgIpc) is 2.85. The second kappa shape index (κ2) is 6.48. The van der Waals surface area contributed by atoms with Gasteiger partial charge in [0.1, 0.15) is 6.42 Å². The zero-order valence-electron chi connectivity index (χ0n) is 14.3. The molecule has 1 aliphatic rings. The van der Waals surface area contributed by atoms with Gasteiger partial charge in [0.2, 0.25) is 11.8 Å². The highest BCUT2D eigenvalue weighted by Crippen LogP contribution is 2.32. The van der Waals surface area contributed by atoms with Crippen molar-refractivity contribution in [3.8, 4) is 0 Å². The third-order valence-corrected chi connectivity index (χ3v) is 4.44. The molecule has 1 atom stereocenters. The molecule has 0 aromatic heterocycles. The van der Waals surface area contributed by atoms with Gasteiger partial charge in [-0.05, 0) is 50.5 Å². The molecule has 4 nitrogen and oxygen atoms in total. The minimum absolute atomic E-state index is 0.0869. The molecule has 0 spiro atoms. The molecule has 2 amide bonds. The van der Waals surface area contributed by atoms with Crippen LogP contribution in [0.25, 0.3) is 0 Å². The van der Waals surface area contributed by atoms with Crippen LogP contribution in [-0.2, 0) is 16.0 Å². The van der Waals surface area contributed by atoms with Gasteiger partial charge in [-0.1, -0.05) is 35.9 Å². The van der Waals surface area contributed by atoms with Crippen LogP contribution in [0.15, 0.2) is 42.5 Å². The second-order valence-corrected chi connectivity index (χ2v) is 6.49. The maximum Gasteiger partial charge on any atom is 0.236 e. The monoisotopic (exact) mass is 322 g/mol. The lowest BCUT2D eigenvalue weighted by atomic mass is 10.1. The van der Waals surface area contributed by atoms with E-state index in [1.165, 1.54) is 0 Å². The molecule has 0 bridgehead atoms. The number of carbonyl (C=O) groups excluding carboxylic acids is 2. The van der Waals surface area contributed by atoms with Gasteiger partial charge in [-0.3, -0.25) is 9.59 Å². The summed E-state index contributed by atoms with van der Waals surface area (Å²) in [4.78, 5) is 26.6. The Balaban J connectivity index is 1.70. The Bertz CT molecular complexity index is 798. The molecule has 0 saturated carbocycles. The minimum atomic E-state index is -0.275. The number of fused-ring (bicyclic) bond motifs is 1. The fourth-order valence-electron chi connectivity index (χ4n) is 3.32. The van der Waals surface area contributed by atoms with E-state index in [2.05, 4.69) is 5.32 Å². The number of para-hydroxylation sites is 1. The highest BCUT2D eigenvalue weighted by molar-refractivity contribution is 6.10. The van der Waals surface area contributed by atoms with Crippen LogP contribution in [0.2, 0.25) is 0 Å². The van der Waals surface area contributed by atoms with Crippen molar-refractivity contribution in [3.63, 3.8) is 0 Å². The van der Waals surface area contributed by atoms with Crippen LogP contribution in [0.5, 0.6) is 0 Å². The third-order valence-electron chi connectivity index (χ3n) is 4.44. The van der Waals surface area contributed by atoms with Crippen molar-refractivity contribution < 1.29 is 9.59 Å². The van der Waals surface area contributed by atoms with Gasteiger partial charge in [0, 0.05) is 17.4 Å². The quantitative estimate of drug-likeness (QED) is 0.878. The predicted molar refractivity (Wildman–Crippen MR) is 96.3 cm³/mol. The van der Waals surface area contributed by atoms with Gasteiger partial charge in [-0.15, -0.1) is 0 Å². The lowest BCUT2D eigenvalue weighted by Crippen LogP contribution is -2.37. The minimum Gasteiger partial charge on any atom is -0.325 e. The SMILES string of the molecule is Cc1ccc(NC(=O)CC(=O)N2c3ccccc3CC2C)c(C)c1. The summed E-state index contributed by atoms with van der Waals surface area (Å²) in [5.74, 6) is -0.432. The van der Waals surface area contributed by atoms with E-state index < -0.39 is 0 Å². The molecule has 1 N–H and O–H groups in total. The maximum absolute atomic E-state index is 12.6. The Kier molecular flexibility index (Phi) is 4.38. The van der Waals surface area contributed by atoms with Gasteiger partial charge in [-0.25, -0.2) is 0 Å². The van der Waals surface area contributed by atoms with Crippen LogP contribution in [0, 0.1) is 13.8 Å². The molecule has 2 aromatic rings. The molecule has 0 saturated heterocycles. The fourth-order valence-corrected chi connectivity index (χ4v) is 3.32. The van der Waals surface area contributed by atoms with Crippen molar-refractivity contribution in [1.82, 2.24) is 0 Å². The van der Waals surface area contributed by atoms with E-state index in [4.69, 9.17) is 0 Å². The number of amides is 2. The molecule has 0 aliphatic carbocycles. The molecule has 1 heterocycles. The third kappa shape index (κ3) is 3.18. The molecular weight excluding hydrogens is 300 g/mol. The van der Waals surface area contributed by atoms with Gasteiger partial charge in [-0.2, -0.15) is 0 Å². The van der Waals surface area contributed by atoms with Crippen LogP contribution in [0.3, 0.4) is 0 Å². The van der Waals surface area contributed by atoms with Crippen molar-refractivity contribution in [1.29, 1.82) is 0 Å². The number of aryl methyl sites for hydroxylation is 2. The Morgan fingerprint density at radius 1 is 1.17 bits per heavy atom. The summed E-state index contributed by atoms with van der Waals surface area (Å²) in [5.41, 5.74) is 4.98. The standard InChI is InChI=1S/C20H22N2O2/c1-13-8-9-17(14(2)10-13)21-19(23)12-20(24)22-15(3)11-16-6-4-5-7-18(16)22/h4-10,15H,11-12H2,1-3H3,(H,21,23). The first-order valence-corrected chi connectivity index (χ1v) is 8.23. The number of carbonyl (C=O) groups is 2. The van der Waals surface area contributed by atoms with Crippen LogP contribution < -0.4 is 10.2 Å². The number of rotatable bonds is 3. The highest BCUT2D eigenvalue weighted by atomic mass is 16.2. The van der Waals surface area contributed by atoms with E-state index in [0.29, 0.717) is 0 Å². The summed E-state index contributed by atoms with van der Waals surface area (Å²) >= 11 is 0. The summed E-state index contributed by atoms with van der Waals surface area (Å²) in [6.45, 7) is 5.97. The van der Waals surface area contributed by atoms with E-state index in [0.717, 1.165) is 34.5 Å². The van der Waals surface area contributed by atoms with E-state index in [9.17, 15) is 9.59 Å². The maximum atomic E-state index is 12.6. The lowest BCUT2D eigenvalue weighted by molar-refractivity contribution is -0.125. The average molecular weight is 322 g/mol. The lowest BCUT2D eigenvalue weighted by Gasteiger charge is -2.22. The van der Waals surface area contributed by atoms with E-state index >= 15 is 0 Å². The number of hydrogen-bond donors (Lipinski definition) is 1. The second-order valence-electron chi connectivity index (χ2n) is 6.49. The highest BCUT2D eigenvalue weighted by Gasteiger charge is 2.31. The summed E-state index contributed by atoms with van der Waals surface area (Å²) in [7, 11) is 0. The number of nitrogens with one attached hydrogen (secondary N) is 1. The van der Waals surface area contributed by atoms with Crippen molar-refractivity contribution >= 4 is 23.2 Å². The summed E-state index contributed by atoms with van der Waals surface area (Å²) < 4.78 is 0. The van der Waals surface area contributed by atoms with Gasteiger partial charge < -0.3 is 10.2 Å².